The van der Waals surface area contributed by atoms with E-state index in [1.54, 1.807) is 30.2 Å². The molecule has 0 aliphatic carbocycles. The first-order valence-corrected chi connectivity index (χ1v) is 12.0. The van der Waals surface area contributed by atoms with E-state index < -0.39 is 16.1 Å². The summed E-state index contributed by atoms with van der Waals surface area (Å²) in [6.07, 6.45) is 7.43. The fraction of sp³-hybridized carbons (Fsp3) is 0.526. The zero-order valence-electron chi connectivity index (χ0n) is 15.5. The smallest absolute Gasteiger partial charge is 0.244 e. The Balaban J connectivity index is 2.11. The summed E-state index contributed by atoms with van der Waals surface area (Å²) in [5.74, 6) is 2.16. The number of carbonyl (C=O) groups excluding carboxylic acids is 1. The number of amides is 1. The van der Waals surface area contributed by atoms with Crippen molar-refractivity contribution in [3.8, 4) is 12.3 Å². The molecule has 3 rings (SSSR count). The van der Waals surface area contributed by atoms with Gasteiger partial charge in [-0.1, -0.05) is 37.8 Å². The van der Waals surface area contributed by atoms with Crippen molar-refractivity contribution in [2.45, 2.75) is 36.2 Å². The van der Waals surface area contributed by atoms with Gasteiger partial charge in [0.05, 0.1) is 18.0 Å². The SMILES string of the molecule is C#CCN1C[C@H](COC)[C@@H]2CCCC(C1=O)N2S(=O)(=O)c1cc(Br)cc(Br)c1. The molecule has 3 atom stereocenters. The summed E-state index contributed by atoms with van der Waals surface area (Å²) in [6, 6.07) is 3.85. The molecule has 2 fully saturated rings. The molecule has 1 unspecified atom stereocenters. The van der Waals surface area contributed by atoms with Crippen LogP contribution in [0.15, 0.2) is 32.0 Å². The molecule has 0 N–H and O–H groups in total. The minimum absolute atomic E-state index is 0.141. The van der Waals surface area contributed by atoms with Crippen molar-refractivity contribution in [2.75, 3.05) is 26.8 Å². The lowest BCUT2D eigenvalue weighted by Gasteiger charge is -2.40. The molecule has 2 bridgehead atoms. The normalized spacial score (nSPS) is 26.0. The van der Waals surface area contributed by atoms with Gasteiger partial charge in [0.15, 0.2) is 0 Å². The second kappa shape index (κ2) is 8.84. The van der Waals surface area contributed by atoms with Crippen LogP contribution in [0, 0.1) is 18.3 Å². The Labute approximate surface area is 182 Å². The van der Waals surface area contributed by atoms with Crippen molar-refractivity contribution in [1.82, 2.24) is 9.21 Å². The molecule has 0 spiro atoms. The summed E-state index contributed by atoms with van der Waals surface area (Å²) in [4.78, 5) is 14.9. The number of rotatable bonds is 5. The van der Waals surface area contributed by atoms with Crippen molar-refractivity contribution in [2.24, 2.45) is 5.92 Å². The Morgan fingerprint density at radius 3 is 2.54 bits per heavy atom. The monoisotopic (exact) mass is 532 g/mol. The van der Waals surface area contributed by atoms with Gasteiger partial charge in [-0.05, 0) is 37.5 Å². The Morgan fingerprint density at radius 1 is 1.25 bits per heavy atom. The first-order chi connectivity index (χ1) is 13.3. The second-order valence-corrected chi connectivity index (χ2v) is 10.8. The van der Waals surface area contributed by atoms with Crippen molar-refractivity contribution in [3.63, 3.8) is 0 Å². The van der Waals surface area contributed by atoms with Crippen LogP contribution in [-0.4, -0.2) is 62.4 Å². The third-order valence-corrected chi connectivity index (χ3v) is 8.11. The largest absolute Gasteiger partial charge is 0.384 e. The van der Waals surface area contributed by atoms with Crippen LogP contribution in [0.3, 0.4) is 0 Å². The highest BCUT2D eigenvalue weighted by Crippen LogP contribution is 2.38. The third-order valence-electron chi connectivity index (χ3n) is 5.28. The minimum atomic E-state index is -3.89. The van der Waals surface area contributed by atoms with E-state index in [-0.39, 0.29) is 29.3 Å². The molecule has 6 nitrogen and oxygen atoms in total. The van der Waals surface area contributed by atoms with E-state index >= 15 is 0 Å². The lowest BCUT2D eigenvalue weighted by Crippen LogP contribution is -2.55. The van der Waals surface area contributed by atoms with E-state index in [0.29, 0.717) is 34.9 Å². The third kappa shape index (κ3) is 4.17. The van der Waals surface area contributed by atoms with Gasteiger partial charge in [0, 0.05) is 34.6 Å². The molecule has 2 aliphatic heterocycles. The number of halogens is 2. The predicted octanol–water partition coefficient (Wildman–Crippen LogP) is 2.86. The summed E-state index contributed by atoms with van der Waals surface area (Å²) < 4.78 is 35.4. The number of nitrogens with zero attached hydrogens (tertiary/aromatic N) is 2. The maximum atomic E-state index is 13.7. The zero-order chi connectivity index (χ0) is 20.5. The van der Waals surface area contributed by atoms with E-state index in [1.165, 1.54) is 4.31 Å². The van der Waals surface area contributed by atoms with Crippen molar-refractivity contribution < 1.29 is 17.9 Å². The quantitative estimate of drug-likeness (QED) is 0.546. The molecule has 2 saturated heterocycles. The van der Waals surface area contributed by atoms with Gasteiger partial charge in [0.2, 0.25) is 15.9 Å². The Hall–Kier alpha value is -0.920. The molecule has 1 aromatic rings. The van der Waals surface area contributed by atoms with Gasteiger partial charge in [-0.25, -0.2) is 8.42 Å². The maximum absolute atomic E-state index is 13.7. The fourth-order valence-corrected chi connectivity index (χ4v) is 7.72. The average Bonchev–Trinajstić information content (AvgIpc) is 2.70. The Morgan fingerprint density at radius 2 is 1.93 bits per heavy atom. The van der Waals surface area contributed by atoms with E-state index in [4.69, 9.17) is 11.2 Å². The van der Waals surface area contributed by atoms with Crippen LogP contribution in [-0.2, 0) is 19.6 Å². The number of methoxy groups -OCH3 is 1. The topological polar surface area (TPSA) is 66.9 Å². The summed E-state index contributed by atoms with van der Waals surface area (Å²) in [7, 11) is -2.31. The van der Waals surface area contributed by atoms with E-state index in [0.717, 1.165) is 6.42 Å². The Bertz CT molecular complexity index is 879. The maximum Gasteiger partial charge on any atom is 0.244 e. The first kappa shape index (κ1) is 21.8. The van der Waals surface area contributed by atoms with Crippen molar-refractivity contribution >= 4 is 47.8 Å². The Kier molecular flexibility index (Phi) is 6.88. The highest BCUT2D eigenvalue weighted by atomic mass is 79.9. The van der Waals surface area contributed by atoms with Crippen molar-refractivity contribution in [3.05, 3.63) is 27.1 Å². The first-order valence-electron chi connectivity index (χ1n) is 9.00. The van der Waals surface area contributed by atoms with E-state index in [1.807, 2.05) is 0 Å². The zero-order valence-corrected chi connectivity index (χ0v) is 19.5. The van der Waals surface area contributed by atoms with Crippen LogP contribution in [0.5, 0.6) is 0 Å². The van der Waals surface area contributed by atoms with Gasteiger partial charge in [-0.3, -0.25) is 4.79 Å². The number of hydrogen-bond donors (Lipinski definition) is 0. The number of terminal acetylenes is 1. The van der Waals surface area contributed by atoms with E-state index in [9.17, 15) is 13.2 Å². The molecule has 152 valence electrons. The number of piperidine rings is 1. The number of fused-ring (bicyclic) bond motifs is 2. The molecule has 9 heteroatoms. The summed E-state index contributed by atoms with van der Waals surface area (Å²) >= 11 is 6.71. The van der Waals surface area contributed by atoms with Crippen LogP contribution in [0.2, 0.25) is 0 Å². The van der Waals surface area contributed by atoms with E-state index in [2.05, 4.69) is 37.8 Å². The second-order valence-electron chi connectivity index (χ2n) is 7.09. The van der Waals surface area contributed by atoms with Gasteiger partial charge >= 0.3 is 0 Å². The molecular weight excluding hydrogens is 512 g/mol. The van der Waals surface area contributed by atoms with Gasteiger partial charge < -0.3 is 9.64 Å². The van der Waals surface area contributed by atoms with Crippen LogP contribution in [0.4, 0.5) is 0 Å². The molecule has 2 aliphatic rings. The number of benzene rings is 1. The van der Waals surface area contributed by atoms with Crippen LogP contribution < -0.4 is 0 Å². The number of sulfonamides is 1. The standard InChI is InChI=1S/C19H22Br2N2O4S/c1-3-7-22-11-13(12-27-2)17-5-4-6-18(19(22)24)23(17)28(25,26)16-9-14(20)8-15(21)10-16/h1,8-10,13,17-18H,4-7,11-12H2,2H3/t13-,17+,18?/m1/s1. The van der Waals surface area contributed by atoms with Crippen LogP contribution >= 0.6 is 31.9 Å². The molecule has 0 radical (unpaired) electrons. The predicted molar refractivity (Wildman–Crippen MR) is 113 cm³/mol. The average molecular weight is 534 g/mol. The summed E-state index contributed by atoms with van der Waals surface area (Å²) in [5, 5.41) is 0. The number of ether oxygens (including phenoxy) is 1. The summed E-state index contributed by atoms with van der Waals surface area (Å²) in [5.41, 5.74) is 0. The molecule has 28 heavy (non-hydrogen) atoms. The van der Waals surface area contributed by atoms with Crippen LogP contribution in [0.1, 0.15) is 19.3 Å². The van der Waals surface area contributed by atoms with Crippen molar-refractivity contribution in [1.29, 1.82) is 0 Å². The van der Waals surface area contributed by atoms with Gasteiger partial charge in [-0.2, -0.15) is 4.31 Å². The molecule has 0 saturated carbocycles. The molecule has 1 amide bonds. The molecule has 2 heterocycles. The van der Waals surface area contributed by atoms with Gasteiger partial charge in [0.1, 0.15) is 6.04 Å². The lowest BCUT2D eigenvalue weighted by atomic mass is 9.91. The number of carbonyl (C=O) groups is 1. The lowest BCUT2D eigenvalue weighted by molar-refractivity contribution is -0.134. The highest BCUT2D eigenvalue weighted by molar-refractivity contribution is 9.11. The van der Waals surface area contributed by atoms with Gasteiger partial charge in [-0.15, -0.1) is 6.42 Å². The molecular formula is C19H22Br2N2O4S. The fourth-order valence-electron chi connectivity index (χ4n) is 4.16. The highest BCUT2D eigenvalue weighted by Gasteiger charge is 2.50. The van der Waals surface area contributed by atoms with Crippen LogP contribution in [0.25, 0.3) is 0 Å². The van der Waals surface area contributed by atoms with Gasteiger partial charge in [0.25, 0.3) is 0 Å². The molecule has 0 aromatic heterocycles. The summed E-state index contributed by atoms with van der Waals surface area (Å²) in [6.45, 7) is 0.921. The number of hydrogen-bond acceptors (Lipinski definition) is 4. The molecule has 1 aromatic carbocycles. The minimum Gasteiger partial charge on any atom is -0.384 e.